The lowest BCUT2D eigenvalue weighted by atomic mass is 10.1. The number of urea groups is 1. The van der Waals surface area contributed by atoms with Gasteiger partial charge in [-0.2, -0.15) is 13.2 Å². The van der Waals surface area contributed by atoms with Gasteiger partial charge in [0.2, 0.25) is 0 Å². The van der Waals surface area contributed by atoms with Crippen molar-refractivity contribution in [3.8, 4) is 0 Å². The normalized spacial score (nSPS) is 12.3. The van der Waals surface area contributed by atoms with Crippen LogP contribution in [0, 0.1) is 0 Å². The Balaban J connectivity index is 1.89. The van der Waals surface area contributed by atoms with Crippen LogP contribution in [-0.4, -0.2) is 10.9 Å². The van der Waals surface area contributed by atoms with Gasteiger partial charge in [0.05, 0.1) is 27.3 Å². The van der Waals surface area contributed by atoms with Crippen LogP contribution >= 0.6 is 23.2 Å². The summed E-state index contributed by atoms with van der Waals surface area (Å²) in [6.07, 6.45) is -4.42. The maximum absolute atomic E-state index is 13.2. The molecule has 0 fully saturated rings. The first-order valence-electron chi connectivity index (χ1n) is 9.39. The predicted octanol–water partition coefficient (Wildman–Crippen LogP) is 7.81. The summed E-state index contributed by atoms with van der Waals surface area (Å²) < 4.78 is 38.6. The van der Waals surface area contributed by atoms with E-state index in [1.165, 1.54) is 17.0 Å². The van der Waals surface area contributed by atoms with Crippen LogP contribution in [0.4, 0.5) is 23.7 Å². The van der Waals surface area contributed by atoms with E-state index >= 15 is 0 Å². The molecule has 1 N–H and O–H groups in total. The number of halogens is 5. The second-order valence-corrected chi connectivity index (χ2v) is 7.73. The molecular formula is C23H19Cl2F3N2O. The molecule has 0 aliphatic carbocycles. The van der Waals surface area contributed by atoms with Gasteiger partial charge < -0.3 is 10.2 Å². The summed E-state index contributed by atoms with van der Waals surface area (Å²) in [5.74, 6) is 0. The summed E-state index contributed by atoms with van der Waals surface area (Å²) >= 11 is 12.2. The first-order valence-corrected chi connectivity index (χ1v) is 10.1. The van der Waals surface area contributed by atoms with Crippen molar-refractivity contribution < 1.29 is 18.0 Å². The number of benzene rings is 3. The zero-order chi connectivity index (χ0) is 22.6. The van der Waals surface area contributed by atoms with Gasteiger partial charge in [-0.15, -0.1) is 0 Å². The maximum Gasteiger partial charge on any atom is 0.416 e. The fraction of sp³-hybridized carbons (Fsp3) is 0.174. The van der Waals surface area contributed by atoms with Crippen LogP contribution in [0.25, 0.3) is 0 Å². The van der Waals surface area contributed by atoms with E-state index in [9.17, 15) is 18.0 Å². The van der Waals surface area contributed by atoms with Crippen LogP contribution < -0.4 is 5.32 Å². The highest BCUT2D eigenvalue weighted by atomic mass is 35.5. The summed E-state index contributed by atoms with van der Waals surface area (Å²) in [6, 6.07) is 18.1. The first kappa shape index (κ1) is 23.0. The Bertz CT molecular complexity index is 1040. The first-order chi connectivity index (χ1) is 14.7. The van der Waals surface area contributed by atoms with Crippen molar-refractivity contribution in [3.63, 3.8) is 0 Å². The van der Waals surface area contributed by atoms with Gasteiger partial charge in [0.1, 0.15) is 0 Å². The van der Waals surface area contributed by atoms with Crippen molar-refractivity contribution in [3.05, 3.63) is 99.5 Å². The fourth-order valence-corrected chi connectivity index (χ4v) is 3.43. The molecule has 1 unspecified atom stereocenters. The average molecular weight is 467 g/mol. The summed E-state index contributed by atoms with van der Waals surface area (Å²) in [5.41, 5.74) is 1.04. The lowest BCUT2D eigenvalue weighted by molar-refractivity contribution is -0.137. The van der Waals surface area contributed by atoms with E-state index in [1.54, 1.807) is 18.2 Å². The number of alkyl halides is 3. The molecule has 3 aromatic carbocycles. The highest BCUT2D eigenvalue weighted by Crippen LogP contribution is 2.32. The van der Waals surface area contributed by atoms with Gasteiger partial charge >= 0.3 is 12.2 Å². The molecule has 0 aromatic heterocycles. The maximum atomic E-state index is 13.2. The van der Waals surface area contributed by atoms with Crippen molar-refractivity contribution in [2.75, 3.05) is 5.32 Å². The number of rotatable bonds is 5. The smallest absolute Gasteiger partial charge is 0.313 e. The molecule has 0 saturated heterocycles. The van der Waals surface area contributed by atoms with Crippen LogP contribution in [0.5, 0.6) is 0 Å². The Hall–Kier alpha value is -2.70. The third-order valence-corrected chi connectivity index (χ3v) is 5.66. The molecule has 8 heteroatoms. The van der Waals surface area contributed by atoms with Gasteiger partial charge in [-0.3, -0.25) is 0 Å². The minimum atomic E-state index is -4.42. The molecular weight excluding hydrogens is 448 g/mol. The lowest BCUT2D eigenvalue weighted by Gasteiger charge is -2.30. The Labute approximate surface area is 188 Å². The minimum absolute atomic E-state index is 0.0955. The molecule has 0 aliphatic heterocycles. The Morgan fingerprint density at radius 3 is 2.23 bits per heavy atom. The molecule has 3 aromatic rings. The van der Waals surface area contributed by atoms with E-state index in [-0.39, 0.29) is 17.6 Å². The molecule has 0 bridgehead atoms. The number of carbonyl (C=O) groups is 1. The monoisotopic (exact) mass is 466 g/mol. The molecule has 0 spiro atoms. The molecule has 162 valence electrons. The number of hydrogen-bond donors (Lipinski definition) is 1. The number of hydrogen-bond acceptors (Lipinski definition) is 1. The molecule has 1 atom stereocenters. The summed E-state index contributed by atoms with van der Waals surface area (Å²) in [7, 11) is 0. The molecule has 31 heavy (non-hydrogen) atoms. The molecule has 0 heterocycles. The van der Waals surface area contributed by atoms with E-state index in [0.29, 0.717) is 16.3 Å². The molecule has 0 radical (unpaired) electrons. The second-order valence-electron chi connectivity index (χ2n) is 6.94. The van der Waals surface area contributed by atoms with Gasteiger partial charge in [-0.1, -0.05) is 71.7 Å². The molecule has 0 saturated carbocycles. The van der Waals surface area contributed by atoms with Gasteiger partial charge in [-0.05, 0) is 42.3 Å². The quantitative estimate of drug-likeness (QED) is 0.408. The number of anilines is 1. The van der Waals surface area contributed by atoms with Crippen LogP contribution in [0.3, 0.4) is 0 Å². The zero-order valence-electron chi connectivity index (χ0n) is 16.5. The van der Waals surface area contributed by atoms with Crippen molar-refractivity contribution in [1.82, 2.24) is 4.90 Å². The fourth-order valence-electron chi connectivity index (χ4n) is 3.08. The summed E-state index contributed by atoms with van der Waals surface area (Å²) in [6.45, 7) is 1.94. The molecule has 3 rings (SSSR count). The number of nitrogens with zero attached hydrogens (tertiary/aromatic N) is 1. The van der Waals surface area contributed by atoms with Crippen molar-refractivity contribution in [2.45, 2.75) is 25.7 Å². The zero-order valence-corrected chi connectivity index (χ0v) is 18.0. The Morgan fingerprint density at radius 2 is 1.61 bits per heavy atom. The van der Waals surface area contributed by atoms with Crippen molar-refractivity contribution >= 4 is 34.9 Å². The van der Waals surface area contributed by atoms with Crippen LogP contribution in [0.15, 0.2) is 72.8 Å². The largest absolute Gasteiger partial charge is 0.416 e. The standard InChI is InChI=1S/C23H19Cl2F3N2O/c1-15(17-6-3-2-4-7-17)30(14-16-10-12-18(13-11-16)23(26,27)28)22(31)29-20-9-5-8-19(24)21(20)25/h2-13,15H,14H2,1H3,(H,29,31). The Morgan fingerprint density at radius 1 is 0.968 bits per heavy atom. The number of nitrogens with one attached hydrogen (secondary N) is 1. The van der Waals surface area contributed by atoms with Crippen LogP contribution in [0.1, 0.15) is 29.7 Å². The average Bonchev–Trinajstić information content (AvgIpc) is 2.75. The number of amides is 2. The highest BCUT2D eigenvalue weighted by Gasteiger charge is 2.30. The van der Waals surface area contributed by atoms with Crippen molar-refractivity contribution in [1.29, 1.82) is 0 Å². The van der Waals surface area contributed by atoms with E-state index < -0.39 is 17.8 Å². The van der Waals surface area contributed by atoms with E-state index in [0.717, 1.165) is 17.7 Å². The summed E-state index contributed by atoms with van der Waals surface area (Å²) in [4.78, 5) is 14.7. The molecule has 0 aliphatic rings. The third kappa shape index (κ3) is 5.71. The van der Waals surface area contributed by atoms with Crippen LogP contribution in [0.2, 0.25) is 10.0 Å². The third-order valence-electron chi connectivity index (χ3n) is 4.84. The van der Waals surface area contributed by atoms with E-state index in [2.05, 4.69) is 5.32 Å². The topological polar surface area (TPSA) is 32.3 Å². The Kier molecular flexibility index (Phi) is 7.13. The molecule has 3 nitrogen and oxygen atoms in total. The van der Waals surface area contributed by atoms with Gasteiger partial charge in [-0.25, -0.2) is 4.79 Å². The van der Waals surface area contributed by atoms with E-state index in [1.807, 2.05) is 37.3 Å². The molecule has 2 amide bonds. The lowest BCUT2D eigenvalue weighted by Crippen LogP contribution is -2.36. The predicted molar refractivity (Wildman–Crippen MR) is 117 cm³/mol. The van der Waals surface area contributed by atoms with Gasteiger partial charge in [0, 0.05) is 6.54 Å². The van der Waals surface area contributed by atoms with Crippen molar-refractivity contribution in [2.24, 2.45) is 0 Å². The van der Waals surface area contributed by atoms with E-state index in [4.69, 9.17) is 23.2 Å². The minimum Gasteiger partial charge on any atom is -0.313 e. The highest BCUT2D eigenvalue weighted by molar-refractivity contribution is 6.43. The van der Waals surface area contributed by atoms with Gasteiger partial charge in [0.15, 0.2) is 0 Å². The summed E-state index contributed by atoms with van der Waals surface area (Å²) in [5, 5.41) is 3.25. The van der Waals surface area contributed by atoms with Gasteiger partial charge in [0.25, 0.3) is 0 Å². The second kappa shape index (κ2) is 9.62. The number of carbonyl (C=O) groups excluding carboxylic acids is 1. The van der Waals surface area contributed by atoms with Crippen LogP contribution in [-0.2, 0) is 12.7 Å². The SMILES string of the molecule is CC(c1ccccc1)N(Cc1ccc(C(F)(F)F)cc1)C(=O)Nc1cccc(Cl)c1Cl.